The summed E-state index contributed by atoms with van der Waals surface area (Å²) in [6, 6.07) is -0.0514. The minimum absolute atomic E-state index is 0.0514. The fraction of sp³-hybridized carbons (Fsp3) is 0.786. The first-order valence-electron chi connectivity index (χ1n) is 7.75. The molecule has 0 aliphatic rings. The van der Waals surface area contributed by atoms with E-state index in [1.165, 1.54) is 6.20 Å². The molecule has 122 valence electrons. The van der Waals surface area contributed by atoms with Crippen LogP contribution in [0.4, 0.5) is 0 Å². The number of nitrogens with one attached hydrogen (secondary N) is 2. The van der Waals surface area contributed by atoms with Crippen LogP contribution in [0.1, 0.15) is 46.5 Å². The Morgan fingerprint density at radius 2 is 2.05 bits per heavy atom. The predicted molar refractivity (Wildman–Crippen MR) is 84.7 cm³/mol. The lowest BCUT2D eigenvalue weighted by atomic mass is 10.2. The maximum Gasteiger partial charge on any atom is 0.243 e. The van der Waals surface area contributed by atoms with Crippen molar-refractivity contribution < 1.29 is 8.42 Å². The van der Waals surface area contributed by atoms with Gasteiger partial charge in [-0.25, -0.2) is 13.1 Å². The highest BCUT2D eigenvalue weighted by atomic mass is 32.2. The molecular formula is C14H28N4O2S. The van der Waals surface area contributed by atoms with E-state index in [-0.39, 0.29) is 10.9 Å². The van der Waals surface area contributed by atoms with Crippen molar-refractivity contribution in [1.82, 2.24) is 19.8 Å². The number of aromatic nitrogens is 2. The number of sulfonamides is 1. The lowest BCUT2D eigenvalue weighted by Gasteiger charge is -2.12. The molecule has 0 aliphatic heterocycles. The maximum absolute atomic E-state index is 12.2. The fourth-order valence-electron chi connectivity index (χ4n) is 2.00. The summed E-state index contributed by atoms with van der Waals surface area (Å²) in [5, 5.41) is 7.37. The Kier molecular flexibility index (Phi) is 7.92. The second-order valence-electron chi connectivity index (χ2n) is 5.35. The van der Waals surface area contributed by atoms with E-state index in [4.69, 9.17) is 0 Å². The summed E-state index contributed by atoms with van der Waals surface area (Å²) in [5.74, 6) is 0. The molecule has 0 amide bonds. The number of nitrogens with zero attached hydrogens (tertiary/aromatic N) is 2. The number of rotatable bonds is 11. The van der Waals surface area contributed by atoms with Crippen LogP contribution in [0, 0.1) is 0 Å². The van der Waals surface area contributed by atoms with Crippen molar-refractivity contribution in [2.45, 2.75) is 63.9 Å². The van der Waals surface area contributed by atoms with Crippen LogP contribution in [0.15, 0.2) is 17.3 Å². The highest BCUT2D eigenvalue weighted by Crippen LogP contribution is 2.09. The predicted octanol–water partition coefficient (Wildman–Crippen LogP) is 1.74. The smallest absolute Gasteiger partial charge is 0.243 e. The van der Waals surface area contributed by atoms with E-state index in [1.807, 2.05) is 6.92 Å². The van der Waals surface area contributed by atoms with Gasteiger partial charge in [-0.15, -0.1) is 0 Å². The molecule has 0 saturated heterocycles. The lowest BCUT2D eigenvalue weighted by Crippen LogP contribution is -2.32. The largest absolute Gasteiger partial charge is 0.315 e. The van der Waals surface area contributed by atoms with Crippen LogP contribution in [0.2, 0.25) is 0 Å². The van der Waals surface area contributed by atoms with Crippen LogP contribution < -0.4 is 10.0 Å². The summed E-state index contributed by atoms with van der Waals surface area (Å²) < 4.78 is 28.8. The molecule has 1 atom stereocenters. The van der Waals surface area contributed by atoms with Crippen molar-refractivity contribution in [3.63, 3.8) is 0 Å². The minimum atomic E-state index is -3.46. The van der Waals surface area contributed by atoms with Crippen molar-refractivity contribution in [2.75, 3.05) is 13.1 Å². The standard InChI is InChI=1S/C14H28N4O2S/c1-4-6-7-13(3)17-21(19,20)14-11-16-18(12-14)10-9-15-8-5-2/h11-13,15,17H,4-10H2,1-3H3. The maximum atomic E-state index is 12.2. The van der Waals surface area contributed by atoms with Crippen LogP contribution in [0.3, 0.4) is 0 Å². The third-order valence-corrected chi connectivity index (χ3v) is 4.76. The summed E-state index contributed by atoms with van der Waals surface area (Å²) in [4.78, 5) is 0.237. The van der Waals surface area contributed by atoms with E-state index in [1.54, 1.807) is 10.9 Å². The number of hydrogen-bond acceptors (Lipinski definition) is 4. The molecule has 1 heterocycles. The molecular weight excluding hydrogens is 288 g/mol. The molecule has 0 saturated carbocycles. The average Bonchev–Trinajstić information content (AvgIpc) is 2.90. The second kappa shape index (κ2) is 9.17. The molecule has 1 aromatic rings. The SMILES string of the molecule is CCCCC(C)NS(=O)(=O)c1cnn(CCNCCC)c1. The van der Waals surface area contributed by atoms with E-state index in [0.717, 1.165) is 38.8 Å². The molecule has 7 heteroatoms. The van der Waals surface area contributed by atoms with Crippen molar-refractivity contribution in [1.29, 1.82) is 0 Å². The zero-order valence-corrected chi connectivity index (χ0v) is 14.1. The summed E-state index contributed by atoms with van der Waals surface area (Å²) in [7, 11) is -3.46. The van der Waals surface area contributed by atoms with Gasteiger partial charge in [0.1, 0.15) is 4.90 Å². The van der Waals surface area contributed by atoms with Crippen molar-refractivity contribution in [3.05, 3.63) is 12.4 Å². The van der Waals surface area contributed by atoms with Crippen molar-refractivity contribution in [3.8, 4) is 0 Å². The molecule has 6 nitrogen and oxygen atoms in total. The zero-order valence-electron chi connectivity index (χ0n) is 13.3. The van der Waals surface area contributed by atoms with E-state index in [9.17, 15) is 8.42 Å². The Hall–Kier alpha value is -0.920. The molecule has 0 radical (unpaired) electrons. The van der Waals surface area contributed by atoms with E-state index in [2.05, 4.69) is 29.0 Å². The number of unbranched alkanes of at least 4 members (excludes halogenated alkanes) is 1. The van der Waals surface area contributed by atoms with Crippen molar-refractivity contribution >= 4 is 10.0 Å². The Balaban J connectivity index is 2.53. The van der Waals surface area contributed by atoms with Crippen molar-refractivity contribution in [2.24, 2.45) is 0 Å². The van der Waals surface area contributed by atoms with Gasteiger partial charge in [0.2, 0.25) is 10.0 Å². The summed E-state index contributed by atoms with van der Waals surface area (Å²) >= 11 is 0. The van der Waals surface area contributed by atoms with Crippen LogP contribution in [0.25, 0.3) is 0 Å². The molecule has 0 aliphatic carbocycles. The molecule has 0 fully saturated rings. The summed E-state index contributed by atoms with van der Waals surface area (Å²) in [5.41, 5.74) is 0. The molecule has 1 unspecified atom stereocenters. The van der Waals surface area contributed by atoms with E-state index < -0.39 is 10.0 Å². The van der Waals surface area contributed by atoms with Gasteiger partial charge in [-0.2, -0.15) is 5.10 Å². The van der Waals surface area contributed by atoms with Gasteiger partial charge < -0.3 is 5.32 Å². The van der Waals surface area contributed by atoms with Gasteiger partial charge in [0.15, 0.2) is 0 Å². The molecule has 21 heavy (non-hydrogen) atoms. The van der Waals surface area contributed by atoms with E-state index >= 15 is 0 Å². The van der Waals surface area contributed by atoms with Crippen LogP contribution >= 0.6 is 0 Å². The molecule has 0 spiro atoms. The Labute approximate surface area is 128 Å². The minimum Gasteiger partial charge on any atom is -0.315 e. The zero-order chi connectivity index (χ0) is 15.7. The van der Waals surface area contributed by atoms with Crippen LogP contribution in [-0.2, 0) is 16.6 Å². The van der Waals surface area contributed by atoms with Gasteiger partial charge in [0.25, 0.3) is 0 Å². The normalized spacial score (nSPS) is 13.5. The van der Waals surface area contributed by atoms with Gasteiger partial charge in [0, 0.05) is 18.8 Å². The second-order valence-corrected chi connectivity index (χ2v) is 7.07. The Bertz CT molecular complexity index is 499. The van der Waals surface area contributed by atoms with Gasteiger partial charge in [-0.1, -0.05) is 26.7 Å². The van der Waals surface area contributed by atoms with Gasteiger partial charge in [0.05, 0.1) is 12.7 Å². The van der Waals surface area contributed by atoms with Gasteiger partial charge in [-0.3, -0.25) is 4.68 Å². The van der Waals surface area contributed by atoms with E-state index in [0.29, 0.717) is 6.54 Å². The highest BCUT2D eigenvalue weighted by Gasteiger charge is 2.18. The first kappa shape index (κ1) is 18.1. The number of hydrogen-bond donors (Lipinski definition) is 2. The first-order chi connectivity index (χ1) is 9.99. The topological polar surface area (TPSA) is 76.0 Å². The van der Waals surface area contributed by atoms with Gasteiger partial charge >= 0.3 is 0 Å². The summed E-state index contributed by atoms with van der Waals surface area (Å²) in [6.45, 7) is 8.51. The van der Waals surface area contributed by atoms with Gasteiger partial charge in [-0.05, 0) is 26.3 Å². The summed E-state index contributed by atoms with van der Waals surface area (Å²) in [6.07, 6.45) is 7.01. The van der Waals surface area contributed by atoms with Crippen LogP contribution in [-0.4, -0.2) is 37.3 Å². The monoisotopic (exact) mass is 316 g/mol. The molecule has 0 aromatic carbocycles. The molecule has 1 aromatic heterocycles. The quantitative estimate of drug-likeness (QED) is 0.610. The molecule has 1 rings (SSSR count). The highest BCUT2D eigenvalue weighted by molar-refractivity contribution is 7.89. The third kappa shape index (κ3) is 6.58. The Morgan fingerprint density at radius 3 is 2.71 bits per heavy atom. The van der Waals surface area contributed by atoms with Crippen LogP contribution in [0.5, 0.6) is 0 Å². The molecule has 0 bridgehead atoms. The Morgan fingerprint density at radius 1 is 1.29 bits per heavy atom. The first-order valence-corrected chi connectivity index (χ1v) is 9.23. The lowest BCUT2D eigenvalue weighted by molar-refractivity contribution is 0.533. The third-order valence-electron chi connectivity index (χ3n) is 3.21. The average molecular weight is 316 g/mol. The molecule has 2 N–H and O–H groups in total. The fourth-order valence-corrected chi connectivity index (χ4v) is 3.23.